The van der Waals surface area contributed by atoms with Gasteiger partial charge in [0.15, 0.2) is 0 Å². The molecule has 5 nitrogen and oxygen atoms in total. The zero-order chi connectivity index (χ0) is 14.7. The number of nitrogens with zero attached hydrogens (tertiary/aromatic N) is 2. The molecule has 0 spiro atoms. The Labute approximate surface area is 126 Å². The van der Waals surface area contributed by atoms with Crippen LogP contribution >= 0.6 is 0 Å². The van der Waals surface area contributed by atoms with Crippen LogP contribution in [0.2, 0.25) is 0 Å². The molecule has 1 aliphatic carbocycles. The maximum Gasteiger partial charge on any atom is 0.243 e. The highest BCUT2D eigenvalue weighted by atomic mass is 16.5. The third kappa shape index (κ3) is 3.14. The summed E-state index contributed by atoms with van der Waals surface area (Å²) in [6.07, 6.45) is 7.98. The molecule has 5 heteroatoms. The molecule has 1 aromatic heterocycles. The van der Waals surface area contributed by atoms with Crippen molar-refractivity contribution in [3.8, 4) is 0 Å². The normalized spacial score (nSPS) is 34.0. The minimum Gasteiger partial charge on any atom is -0.367 e. The van der Waals surface area contributed by atoms with Gasteiger partial charge < -0.3 is 14.6 Å². The van der Waals surface area contributed by atoms with E-state index in [1.54, 1.807) is 0 Å². The van der Waals surface area contributed by atoms with Gasteiger partial charge in [-0.3, -0.25) is 0 Å². The first-order valence-electron chi connectivity index (χ1n) is 8.45. The number of hydrogen-bond acceptors (Lipinski definition) is 5. The van der Waals surface area contributed by atoms with Gasteiger partial charge in [-0.05, 0) is 51.5 Å². The molecule has 0 aromatic carbocycles. The Morgan fingerprint density at radius 3 is 2.95 bits per heavy atom. The molecule has 2 aliphatic rings. The topological polar surface area (TPSA) is 60.2 Å². The van der Waals surface area contributed by atoms with Crippen molar-refractivity contribution in [2.75, 3.05) is 13.2 Å². The first kappa shape index (κ1) is 15.0. The van der Waals surface area contributed by atoms with E-state index in [0.717, 1.165) is 37.5 Å². The molecule has 3 unspecified atom stereocenters. The summed E-state index contributed by atoms with van der Waals surface area (Å²) in [7, 11) is 0. The van der Waals surface area contributed by atoms with Gasteiger partial charge in [-0.2, -0.15) is 4.98 Å². The molecule has 1 aliphatic heterocycles. The quantitative estimate of drug-likeness (QED) is 0.922. The first-order valence-corrected chi connectivity index (χ1v) is 8.45. The summed E-state index contributed by atoms with van der Waals surface area (Å²) in [4.78, 5) is 4.72. The van der Waals surface area contributed by atoms with E-state index in [1.165, 1.54) is 25.7 Å². The second-order valence-corrected chi connectivity index (χ2v) is 6.59. The average Bonchev–Trinajstić information content (AvgIpc) is 2.99. The zero-order valence-electron chi connectivity index (χ0n) is 13.2. The highest BCUT2D eigenvalue weighted by Crippen LogP contribution is 2.42. The molecular weight excluding hydrogens is 266 g/mol. The molecule has 1 N–H and O–H groups in total. The van der Waals surface area contributed by atoms with Crippen LogP contribution < -0.4 is 5.32 Å². The number of aromatic nitrogens is 2. The van der Waals surface area contributed by atoms with Crippen molar-refractivity contribution in [2.45, 2.75) is 70.4 Å². The lowest BCUT2D eigenvalue weighted by Crippen LogP contribution is -2.36. The Hall–Kier alpha value is -0.940. The summed E-state index contributed by atoms with van der Waals surface area (Å²) in [5, 5.41) is 7.76. The highest BCUT2D eigenvalue weighted by Gasteiger charge is 2.42. The van der Waals surface area contributed by atoms with Crippen LogP contribution in [0, 0.1) is 5.92 Å². The summed E-state index contributed by atoms with van der Waals surface area (Å²) >= 11 is 0. The third-order valence-corrected chi connectivity index (χ3v) is 4.83. The van der Waals surface area contributed by atoms with E-state index in [4.69, 9.17) is 14.2 Å². The van der Waals surface area contributed by atoms with Gasteiger partial charge in [0.25, 0.3) is 0 Å². The van der Waals surface area contributed by atoms with Crippen molar-refractivity contribution < 1.29 is 9.26 Å². The fourth-order valence-electron chi connectivity index (χ4n) is 3.80. The van der Waals surface area contributed by atoms with Crippen LogP contribution in [0.1, 0.15) is 76.6 Å². The summed E-state index contributed by atoms with van der Waals surface area (Å²) in [5.41, 5.74) is -0.331. The van der Waals surface area contributed by atoms with Crippen molar-refractivity contribution in [3.63, 3.8) is 0 Å². The number of ether oxygens (including phenoxy) is 1. The maximum absolute atomic E-state index is 6.12. The number of hydrogen-bond donors (Lipinski definition) is 1. The van der Waals surface area contributed by atoms with Gasteiger partial charge in [-0.1, -0.05) is 24.9 Å². The monoisotopic (exact) mass is 293 g/mol. The van der Waals surface area contributed by atoms with E-state index in [2.05, 4.69) is 17.4 Å². The molecule has 0 bridgehead atoms. The molecule has 0 amide bonds. The molecule has 21 heavy (non-hydrogen) atoms. The lowest BCUT2D eigenvalue weighted by molar-refractivity contribution is -0.0891. The van der Waals surface area contributed by atoms with E-state index in [1.807, 2.05) is 6.92 Å². The molecule has 2 heterocycles. The van der Waals surface area contributed by atoms with Crippen LogP contribution in [0.4, 0.5) is 0 Å². The van der Waals surface area contributed by atoms with Gasteiger partial charge in [0.05, 0.1) is 6.04 Å². The molecular formula is C16H27N3O2. The number of piperidine rings is 1. The minimum absolute atomic E-state index is 0.222. The number of rotatable bonds is 4. The predicted molar refractivity (Wildman–Crippen MR) is 79.8 cm³/mol. The molecule has 2 fully saturated rings. The van der Waals surface area contributed by atoms with E-state index < -0.39 is 0 Å². The lowest BCUT2D eigenvalue weighted by Gasteiger charge is -2.37. The SMILES string of the molecule is CCOC1(c2noc(C3CCCCN3)n2)CCCC(C)C1. The van der Waals surface area contributed by atoms with E-state index >= 15 is 0 Å². The van der Waals surface area contributed by atoms with Crippen LogP contribution in [-0.4, -0.2) is 23.3 Å². The summed E-state index contributed by atoms with van der Waals surface area (Å²) in [6.45, 7) is 6.07. The molecule has 3 rings (SSSR count). The van der Waals surface area contributed by atoms with E-state index in [-0.39, 0.29) is 11.6 Å². The van der Waals surface area contributed by atoms with Crippen LogP contribution in [0.3, 0.4) is 0 Å². The molecule has 3 atom stereocenters. The van der Waals surface area contributed by atoms with E-state index in [9.17, 15) is 0 Å². The fraction of sp³-hybridized carbons (Fsp3) is 0.875. The standard InChI is InChI=1S/C16H27N3O2/c1-3-20-16(9-6-7-12(2)11-16)15-18-14(21-19-15)13-8-4-5-10-17-13/h12-13,17H,3-11H2,1-2H3. The Balaban J connectivity index is 1.81. The smallest absolute Gasteiger partial charge is 0.243 e. The van der Waals surface area contributed by atoms with Gasteiger partial charge in [-0.25, -0.2) is 0 Å². The van der Waals surface area contributed by atoms with Gasteiger partial charge in [0.1, 0.15) is 5.60 Å². The van der Waals surface area contributed by atoms with Crippen LogP contribution in [0.15, 0.2) is 4.52 Å². The lowest BCUT2D eigenvalue weighted by atomic mass is 9.78. The second-order valence-electron chi connectivity index (χ2n) is 6.59. The predicted octanol–water partition coefficient (Wildman–Crippen LogP) is 3.33. The molecule has 1 aromatic rings. The summed E-state index contributed by atoms with van der Waals surface area (Å²) in [5.74, 6) is 2.15. The van der Waals surface area contributed by atoms with E-state index in [0.29, 0.717) is 12.5 Å². The first-order chi connectivity index (χ1) is 10.2. The summed E-state index contributed by atoms with van der Waals surface area (Å²) < 4.78 is 11.7. The van der Waals surface area contributed by atoms with Crippen molar-refractivity contribution in [1.29, 1.82) is 0 Å². The van der Waals surface area contributed by atoms with Crippen molar-refractivity contribution >= 4 is 0 Å². The average molecular weight is 293 g/mol. The van der Waals surface area contributed by atoms with Gasteiger partial charge >= 0.3 is 0 Å². The second kappa shape index (κ2) is 6.44. The fourth-order valence-corrected chi connectivity index (χ4v) is 3.80. The molecule has 1 saturated carbocycles. The third-order valence-electron chi connectivity index (χ3n) is 4.83. The summed E-state index contributed by atoms with van der Waals surface area (Å²) in [6, 6.07) is 0.222. The Kier molecular flexibility index (Phi) is 4.60. The van der Waals surface area contributed by atoms with Gasteiger partial charge in [0, 0.05) is 6.61 Å². The molecule has 118 valence electrons. The van der Waals surface area contributed by atoms with Crippen molar-refractivity contribution in [3.05, 3.63) is 11.7 Å². The molecule has 0 radical (unpaired) electrons. The number of nitrogens with one attached hydrogen (secondary N) is 1. The van der Waals surface area contributed by atoms with Crippen molar-refractivity contribution in [2.24, 2.45) is 5.92 Å². The largest absolute Gasteiger partial charge is 0.367 e. The Morgan fingerprint density at radius 2 is 2.24 bits per heavy atom. The van der Waals surface area contributed by atoms with Crippen LogP contribution in [0.25, 0.3) is 0 Å². The Bertz CT molecular complexity index is 452. The van der Waals surface area contributed by atoms with Crippen LogP contribution in [0.5, 0.6) is 0 Å². The molecule has 1 saturated heterocycles. The van der Waals surface area contributed by atoms with Crippen LogP contribution in [-0.2, 0) is 10.3 Å². The minimum atomic E-state index is -0.331. The highest BCUT2D eigenvalue weighted by molar-refractivity contribution is 5.06. The van der Waals surface area contributed by atoms with Gasteiger partial charge in [-0.15, -0.1) is 0 Å². The maximum atomic E-state index is 6.12. The van der Waals surface area contributed by atoms with Gasteiger partial charge in [0.2, 0.25) is 11.7 Å². The zero-order valence-corrected chi connectivity index (χ0v) is 13.2. The Morgan fingerprint density at radius 1 is 1.33 bits per heavy atom. The van der Waals surface area contributed by atoms with Crippen molar-refractivity contribution in [1.82, 2.24) is 15.5 Å².